The first-order valence-electron chi connectivity index (χ1n) is 9.77. The summed E-state index contributed by atoms with van der Waals surface area (Å²) in [6, 6.07) is 20.6. The van der Waals surface area contributed by atoms with Crippen molar-refractivity contribution in [1.29, 1.82) is 0 Å². The molecule has 0 saturated heterocycles. The molecule has 0 aliphatic carbocycles. The fourth-order valence-electron chi connectivity index (χ4n) is 3.62. The lowest BCUT2D eigenvalue weighted by Crippen LogP contribution is -2.30. The number of anilines is 1. The van der Waals surface area contributed by atoms with Crippen LogP contribution in [0.4, 0.5) is 5.69 Å². The van der Waals surface area contributed by atoms with Gasteiger partial charge in [-0.25, -0.2) is 4.79 Å². The van der Waals surface area contributed by atoms with Crippen molar-refractivity contribution in [3.8, 4) is 0 Å². The first kappa shape index (κ1) is 20.0. The average molecular weight is 421 g/mol. The van der Waals surface area contributed by atoms with Gasteiger partial charge >= 0.3 is 5.97 Å². The van der Waals surface area contributed by atoms with Crippen molar-refractivity contribution in [3.63, 3.8) is 0 Å². The highest BCUT2D eigenvalue weighted by molar-refractivity contribution is 6.33. The first-order chi connectivity index (χ1) is 14.5. The number of esters is 1. The van der Waals surface area contributed by atoms with Crippen molar-refractivity contribution in [2.45, 2.75) is 26.5 Å². The molecule has 5 nitrogen and oxygen atoms in total. The molecule has 1 atom stereocenters. The molecule has 1 N–H and O–H groups in total. The van der Waals surface area contributed by atoms with Gasteiger partial charge in [0.25, 0.3) is 5.91 Å². The predicted molar refractivity (Wildman–Crippen MR) is 120 cm³/mol. The van der Waals surface area contributed by atoms with Crippen molar-refractivity contribution in [1.82, 2.24) is 4.57 Å². The minimum Gasteiger partial charge on any atom is -0.449 e. The highest BCUT2D eigenvalue weighted by atomic mass is 35.5. The maximum absolute atomic E-state index is 12.6. The zero-order valence-electron chi connectivity index (χ0n) is 16.7. The Labute approximate surface area is 179 Å². The summed E-state index contributed by atoms with van der Waals surface area (Å²) in [5.74, 6) is -1.04. The predicted octanol–water partition coefficient (Wildman–Crippen LogP) is 5.65. The summed E-state index contributed by atoms with van der Waals surface area (Å²) in [6.07, 6.45) is -0.971. The number of aromatic nitrogens is 1. The molecule has 0 aliphatic rings. The number of carbonyl (C=O) groups is 2. The molecule has 1 amide bonds. The van der Waals surface area contributed by atoms with E-state index >= 15 is 0 Å². The maximum Gasteiger partial charge on any atom is 0.340 e. The summed E-state index contributed by atoms with van der Waals surface area (Å²) in [6.45, 7) is 4.49. The number of ether oxygens (including phenoxy) is 1. The van der Waals surface area contributed by atoms with Gasteiger partial charge in [0.05, 0.1) is 10.6 Å². The lowest BCUT2D eigenvalue weighted by Gasteiger charge is -2.14. The Morgan fingerprint density at radius 2 is 1.70 bits per heavy atom. The Balaban J connectivity index is 1.55. The zero-order chi connectivity index (χ0) is 21.3. The molecule has 6 heteroatoms. The van der Waals surface area contributed by atoms with E-state index in [2.05, 4.69) is 28.9 Å². The summed E-state index contributed by atoms with van der Waals surface area (Å²) in [5.41, 5.74) is 3.13. The van der Waals surface area contributed by atoms with Crippen LogP contribution in [0.25, 0.3) is 21.8 Å². The van der Waals surface area contributed by atoms with E-state index in [1.54, 1.807) is 24.3 Å². The van der Waals surface area contributed by atoms with Crippen LogP contribution >= 0.6 is 11.6 Å². The topological polar surface area (TPSA) is 60.3 Å². The molecule has 0 spiro atoms. The molecule has 1 aromatic heterocycles. The molecule has 3 aromatic carbocycles. The van der Waals surface area contributed by atoms with Gasteiger partial charge in [-0.2, -0.15) is 0 Å². The number of amides is 1. The number of para-hydroxylation sites is 1. The van der Waals surface area contributed by atoms with Gasteiger partial charge in [0.1, 0.15) is 0 Å². The molecule has 4 aromatic rings. The Kier molecular flexibility index (Phi) is 5.46. The largest absolute Gasteiger partial charge is 0.449 e. The number of hydrogen-bond acceptors (Lipinski definition) is 3. The van der Waals surface area contributed by atoms with Gasteiger partial charge in [-0.1, -0.05) is 41.9 Å². The molecule has 0 radical (unpaired) electrons. The molecule has 0 unspecified atom stereocenters. The summed E-state index contributed by atoms with van der Waals surface area (Å²) in [7, 11) is 0. The van der Waals surface area contributed by atoms with E-state index in [0.29, 0.717) is 5.69 Å². The minimum absolute atomic E-state index is 0.229. The highest BCUT2D eigenvalue weighted by Crippen LogP contribution is 2.31. The summed E-state index contributed by atoms with van der Waals surface area (Å²) in [5, 5.41) is 5.31. The Bertz CT molecular complexity index is 1260. The maximum atomic E-state index is 12.6. The van der Waals surface area contributed by atoms with Crippen molar-refractivity contribution in [2.24, 2.45) is 0 Å². The monoisotopic (exact) mass is 420 g/mol. The highest BCUT2D eigenvalue weighted by Gasteiger charge is 2.21. The molecule has 0 saturated carbocycles. The van der Waals surface area contributed by atoms with Crippen molar-refractivity contribution < 1.29 is 14.3 Å². The fraction of sp³-hybridized carbons (Fsp3) is 0.167. The number of nitrogens with zero attached hydrogens (tertiary/aromatic N) is 1. The van der Waals surface area contributed by atoms with Crippen LogP contribution in [0.5, 0.6) is 0 Å². The average Bonchev–Trinajstić information content (AvgIpc) is 3.07. The van der Waals surface area contributed by atoms with E-state index in [1.807, 2.05) is 30.3 Å². The van der Waals surface area contributed by atoms with Gasteiger partial charge in [0, 0.05) is 34.0 Å². The SMILES string of the molecule is CCn1c2ccccc2c2cc(NC(=O)[C@H](C)OC(=O)c3ccccc3Cl)ccc21. The van der Waals surface area contributed by atoms with Crippen LogP contribution in [-0.2, 0) is 16.1 Å². The smallest absolute Gasteiger partial charge is 0.340 e. The molecular formula is C24H21ClN2O3. The van der Waals surface area contributed by atoms with Crippen molar-refractivity contribution >= 4 is 51.0 Å². The molecule has 152 valence electrons. The third kappa shape index (κ3) is 3.64. The molecule has 0 fully saturated rings. The van der Waals surface area contributed by atoms with Crippen LogP contribution in [0, 0.1) is 0 Å². The zero-order valence-corrected chi connectivity index (χ0v) is 17.4. The Morgan fingerprint density at radius 3 is 2.47 bits per heavy atom. The van der Waals surface area contributed by atoms with E-state index in [4.69, 9.17) is 16.3 Å². The van der Waals surface area contributed by atoms with Crippen molar-refractivity contribution in [3.05, 3.63) is 77.3 Å². The third-order valence-electron chi connectivity index (χ3n) is 5.10. The van der Waals surface area contributed by atoms with E-state index in [9.17, 15) is 9.59 Å². The lowest BCUT2D eigenvalue weighted by molar-refractivity contribution is -0.123. The summed E-state index contributed by atoms with van der Waals surface area (Å²) >= 11 is 6.03. The van der Waals surface area contributed by atoms with Gasteiger partial charge in [-0.3, -0.25) is 4.79 Å². The van der Waals surface area contributed by atoms with Crippen molar-refractivity contribution in [2.75, 3.05) is 5.32 Å². The van der Waals surface area contributed by atoms with Gasteiger partial charge < -0.3 is 14.6 Å². The molecular weight excluding hydrogens is 400 g/mol. The van der Waals surface area contributed by atoms with E-state index < -0.39 is 18.0 Å². The van der Waals surface area contributed by atoms with Gasteiger partial charge in [-0.15, -0.1) is 0 Å². The second kappa shape index (κ2) is 8.20. The number of rotatable bonds is 5. The number of halogens is 1. The number of carbonyl (C=O) groups excluding carboxylic acids is 2. The van der Waals surface area contributed by atoms with Gasteiger partial charge in [0.15, 0.2) is 6.10 Å². The molecule has 4 rings (SSSR count). The number of fused-ring (bicyclic) bond motifs is 3. The molecule has 1 heterocycles. The quantitative estimate of drug-likeness (QED) is 0.424. The lowest BCUT2D eigenvalue weighted by atomic mass is 10.1. The van der Waals surface area contributed by atoms with Gasteiger partial charge in [-0.05, 0) is 50.2 Å². The summed E-state index contributed by atoms with van der Waals surface area (Å²) in [4.78, 5) is 24.9. The van der Waals surface area contributed by atoms with E-state index in [1.165, 1.54) is 6.92 Å². The standard InChI is InChI=1S/C24H21ClN2O3/c1-3-27-21-11-7-5-8-17(21)19-14-16(12-13-22(19)27)26-23(28)15(2)30-24(29)18-9-4-6-10-20(18)25/h4-15H,3H2,1-2H3,(H,26,28)/t15-/m0/s1. The third-order valence-corrected chi connectivity index (χ3v) is 5.43. The number of hydrogen-bond donors (Lipinski definition) is 1. The van der Waals surface area contributed by atoms with Crippen LogP contribution in [0.3, 0.4) is 0 Å². The molecule has 30 heavy (non-hydrogen) atoms. The Hall–Kier alpha value is -3.31. The normalized spacial score (nSPS) is 12.1. The fourth-order valence-corrected chi connectivity index (χ4v) is 3.83. The summed E-state index contributed by atoms with van der Waals surface area (Å²) < 4.78 is 7.53. The minimum atomic E-state index is -0.971. The second-order valence-electron chi connectivity index (χ2n) is 7.01. The van der Waals surface area contributed by atoms with E-state index in [-0.39, 0.29) is 10.6 Å². The molecule has 0 bridgehead atoms. The second-order valence-corrected chi connectivity index (χ2v) is 7.42. The molecule has 0 aliphatic heterocycles. The van der Waals surface area contributed by atoms with Crippen LogP contribution in [0.15, 0.2) is 66.7 Å². The first-order valence-corrected chi connectivity index (χ1v) is 10.1. The Morgan fingerprint density at radius 1 is 1.00 bits per heavy atom. The number of benzene rings is 3. The van der Waals surface area contributed by atoms with E-state index in [0.717, 1.165) is 28.4 Å². The van der Waals surface area contributed by atoms with Crippen LogP contribution in [0.2, 0.25) is 5.02 Å². The number of aryl methyl sites for hydroxylation is 1. The van der Waals surface area contributed by atoms with Gasteiger partial charge in [0.2, 0.25) is 0 Å². The van der Waals surface area contributed by atoms with Crippen LogP contribution in [0.1, 0.15) is 24.2 Å². The number of nitrogens with one attached hydrogen (secondary N) is 1. The van der Waals surface area contributed by atoms with Crippen LogP contribution in [-0.4, -0.2) is 22.5 Å². The van der Waals surface area contributed by atoms with Crippen LogP contribution < -0.4 is 5.32 Å².